The number of aliphatic hydroxyl groups is 1. The predicted molar refractivity (Wildman–Crippen MR) is 298 cm³/mol. The summed E-state index contributed by atoms with van der Waals surface area (Å²) < 4.78 is 0. The number of nitrogens with two attached hydrogens (primary N) is 1. The van der Waals surface area contributed by atoms with Gasteiger partial charge in [0, 0.05) is 55.3 Å². The molecule has 0 radical (unpaired) electrons. The van der Waals surface area contributed by atoms with Crippen LogP contribution in [-0.2, 0) is 52.7 Å². The van der Waals surface area contributed by atoms with E-state index >= 15 is 0 Å². The summed E-state index contributed by atoms with van der Waals surface area (Å²) >= 11 is 0. The Balaban J connectivity index is 6.91. The number of primary amides is 1. The number of hydrogen-bond donors (Lipinski definition) is 5. The molecule has 6 N–H and O–H groups in total. The van der Waals surface area contributed by atoms with Crippen LogP contribution in [0.4, 0.5) is 0 Å². The highest BCUT2D eigenvalue weighted by atomic mass is 16.3. The van der Waals surface area contributed by atoms with Gasteiger partial charge in [0.25, 0.3) is 0 Å². The fourth-order valence-corrected chi connectivity index (χ4v) is 8.83. The second-order valence-electron chi connectivity index (χ2n) is 22.6. The van der Waals surface area contributed by atoms with E-state index in [0.29, 0.717) is 6.42 Å². The third-order valence-corrected chi connectivity index (χ3v) is 14.2. The maximum atomic E-state index is 15.0. The Labute approximate surface area is 465 Å². The number of aliphatic hydroxyl groups excluding tert-OH is 1. The number of allylic oxidation sites excluding steroid dienone is 2. The summed E-state index contributed by atoms with van der Waals surface area (Å²) in [4.78, 5) is 158. The van der Waals surface area contributed by atoms with Gasteiger partial charge >= 0.3 is 0 Å². The van der Waals surface area contributed by atoms with Gasteiger partial charge in [0.05, 0.1) is 25.7 Å². The molecule has 1 unspecified atom stereocenters. The molecule has 0 fully saturated rings. The first-order valence-electron chi connectivity index (χ1n) is 27.2. The lowest BCUT2D eigenvalue weighted by molar-refractivity contribution is -0.157. The van der Waals surface area contributed by atoms with Crippen LogP contribution in [0.5, 0.6) is 0 Å². The van der Waals surface area contributed by atoms with E-state index in [2.05, 4.69) is 16.0 Å². The molecule has 23 heteroatoms. The Bertz CT molecular complexity index is 2100. The second kappa shape index (κ2) is 33.3. The number of carbonyl (C=O) groups excluding carboxylic acids is 11. The molecule has 0 saturated carbocycles. The summed E-state index contributed by atoms with van der Waals surface area (Å²) in [7, 11) is 9.85. The summed E-state index contributed by atoms with van der Waals surface area (Å²) in [5, 5.41) is 19.8. The minimum atomic E-state index is -1.59. The van der Waals surface area contributed by atoms with Gasteiger partial charge in [0.2, 0.25) is 65.0 Å². The van der Waals surface area contributed by atoms with Gasteiger partial charge in [-0.15, -0.1) is 0 Å². The van der Waals surface area contributed by atoms with Crippen molar-refractivity contribution in [1.29, 1.82) is 0 Å². The van der Waals surface area contributed by atoms with Gasteiger partial charge in [0.1, 0.15) is 42.3 Å². The van der Waals surface area contributed by atoms with Crippen molar-refractivity contribution < 1.29 is 57.8 Å². The molecule has 0 aromatic heterocycles. The molecule has 0 rings (SSSR count). The molecule has 10 atom stereocenters. The zero-order chi connectivity index (χ0) is 61.0. The average molecular weight is 1110 g/mol. The topological polar surface area (TPSA) is 293 Å². The molecule has 0 spiro atoms. The zero-order valence-electron chi connectivity index (χ0n) is 50.8. The van der Waals surface area contributed by atoms with Crippen LogP contribution in [0.2, 0.25) is 0 Å². The van der Waals surface area contributed by atoms with Gasteiger partial charge in [-0.2, -0.15) is 0 Å². The van der Waals surface area contributed by atoms with Crippen LogP contribution in [0.15, 0.2) is 12.2 Å². The maximum absolute atomic E-state index is 15.0. The Kier molecular flexibility index (Phi) is 30.7. The molecule has 0 heterocycles. The first-order valence-corrected chi connectivity index (χ1v) is 27.2. The van der Waals surface area contributed by atoms with E-state index < -0.39 is 126 Å². The second-order valence-corrected chi connectivity index (χ2v) is 22.6. The summed E-state index contributed by atoms with van der Waals surface area (Å²) in [6.07, 6.45) is 2.78. The summed E-state index contributed by atoms with van der Waals surface area (Å²) in [6, 6.07) is -8.57. The lowest BCUT2D eigenvalue weighted by Crippen LogP contribution is -2.63. The van der Waals surface area contributed by atoms with E-state index in [9.17, 15) is 57.8 Å². The van der Waals surface area contributed by atoms with Crippen LogP contribution in [0.1, 0.15) is 123 Å². The molecule has 446 valence electrons. The van der Waals surface area contributed by atoms with Gasteiger partial charge in [-0.3, -0.25) is 52.7 Å². The molecule has 23 nitrogen and oxygen atoms in total. The number of likely N-dealkylation sites (N-methyl/N-ethyl adjacent to an activating group) is 7. The number of rotatable bonds is 32. The monoisotopic (exact) mass is 1110 g/mol. The Morgan fingerprint density at radius 2 is 0.987 bits per heavy atom. The minimum Gasteiger partial charge on any atom is -0.390 e. The smallest absolute Gasteiger partial charge is 0.246 e. The predicted octanol–water partition coefficient (Wildman–Crippen LogP) is 1.06. The molecule has 11 amide bonds. The third-order valence-electron chi connectivity index (χ3n) is 14.2. The first kappa shape index (κ1) is 71.9. The van der Waals surface area contributed by atoms with E-state index in [1.807, 2.05) is 41.5 Å². The van der Waals surface area contributed by atoms with Crippen LogP contribution in [-0.4, -0.2) is 222 Å². The van der Waals surface area contributed by atoms with E-state index in [4.69, 9.17) is 5.73 Å². The standard InChI is InChI=1S/C55H99N11O12/c1-22-24-25-35(11)47(70)46(49(72)59-39(23-2)52(75)62(17)30-44(69)60(15)28-42(56)67)66(21)55(78)45(34(9)10)65(20)54(77)41(27-32(5)6)64(19)53(76)40(26-31(3)4)63(18)51(74)38(14)58-48(71)37(13)57-43(68)29-61(16)50(73)36(12)33(7)8/h22,24,31-41,45-47,70H,23,25-30H2,1-21H3,(H2,56,67)(H,57,68)(H,58,71)(H,59,72)/b24-22+/t35-,36-,37-,38+,39-,40-,41-,45-,46?,47+/m1/s1. The lowest BCUT2D eigenvalue weighted by Gasteiger charge is -2.41. The highest BCUT2D eigenvalue weighted by Gasteiger charge is 2.45. The molecule has 0 saturated heterocycles. The van der Waals surface area contributed by atoms with Crippen LogP contribution >= 0.6 is 0 Å². The minimum absolute atomic E-state index is 0.0580. The van der Waals surface area contributed by atoms with Crippen molar-refractivity contribution in [2.75, 3.05) is 69.0 Å². The molecule has 0 aliphatic heterocycles. The molecule has 0 aromatic rings. The van der Waals surface area contributed by atoms with Crippen LogP contribution in [0, 0.1) is 35.5 Å². The molecule has 0 aliphatic rings. The van der Waals surface area contributed by atoms with E-state index in [1.54, 1.807) is 53.7 Å². The molecular formula is C55H99N11O12. The van der Waals surface area contributed by atoms with Gasteiger partial charge < -0.3 is 61.1 Å². The normalized spacial score (nSPS) is 15.4. The molecule has 0 bridgehead atoms. The number of amides is 11. The summed E-state index contributed by atoms with van der Waals surface area (Å²) in [5.74, 6) is -8.59. The van der Waals surface area contributed by atoms with E-state index in [1.165, 1.54) is 82.8 Å². The zero-order valence-corrected chi connectivity index (χ0v) is 50.8. The number of hydrogen-bond acceptors (Lipinski definition) is 12. The van der Waals surface area contributed by atoms with Crippen LogP contribution < -0.4 is 21.7 Å². The van der Waals surface area contributed by atoms with Gasteiger partial charge in [-0.1, -0.05) is 88.3 Å². The Morgan fingerprint density at radius 3 is 1.44 bits per heavy atom. The highest BCUT2D eigenvalue weighted by Crippen LogP contribution is 2.25. The molecule has 0 aliphatic carbocycles. The lowest BCUT2D eigenvalue weighted by atomic mass is 9.91. The van der Waals surface area contributed by atoms with Crippen LogP contribution in [0.25, 0.3) is 0 Å². The van der Waals surface area contributed by atoms with Crippen molar-refractivity contribution in [3.63, 3.8) is 0 Å². The van der Waals surface area contributed by atoms with Gasteiger partial charge in [-0.05, 0) is 76.0 Å². The number of carbonyl (C=O) groups is 11. The fourth-order valence-electron chi connectivity index (χ4n) is 8.83. The number of nitrogens with one attached hydrogen (secondary N) is 3. The van der Waals surface area contributed by atoms with Gasteiger partial charge in [-0.25, -0.2) is 0 Å². The number of nitrogens with zero attached hydrogens (tertiary/aromatic N) is 7. The van der Waals surface area contributed by atoms with E-state index in [-0.39, 0.29) is 61.9 Å². The molecule has 0 aromatic carbocycles. The molecule has 78 heavy (non-hydrogen) atoms. The largest absolute Gasteiger partial charge is 0.390 e. The van der Waals surface area contributed by atoms with Crippen molar-refractivity contribution >= 4 is 65.0 Å². The van der Waals surface area contributed by atoms with Crippen LogP contribution in [0.3, 0.4) is 0 Å². The SMILES string of the molecule is C/C=C/C[C@@H](C)[C@H](O)C(C(=O)N[C@H](CC)C(=O)N(C)CC(=O)N(C)CC(N)=O)N(C)C(=O)[C@@H](C(C)C)N(C)C(=O)[C@@H](CC(C)C)N(C)C(=O)[C@@H](CC(C)C)N(C)C(=O)[C@H](C)NC(=O)[C@@H](C)NC(=O)CN(C)C(=O)[C@H](C)C(C)C. The van der Waals surface area contributed by atoms with Crippen molar-refractivity contribution in [2.24, 2.45) is 41.2 Å². The van der Waals surface area contributed by atoms with E-state index in [0.717, 1.165) is 14.7 Å². The Morgan fingerprint density at radius 1 is 0.513 bits per heavy atom. The van der Waals surface area contributed by atoms with Crippen molar-refractivity contribution in [3.8, 4) is 0 Å². The first-order chi connectivity index (χ1) is 35.9. The average Bonchev–Trinajstić information content (AvgIpc) is 3.35. The van der Waals surface area contributed by atoms with Crippen molar-refractivity contribution in [1.82, 2.24) is 50.2 Å². The Hall–Kier alpha value is -6.13. The quantitative estimate of drug-likeness (QED) is 0.0592. The molecular weight excluding hydrogens is 1010 g/mol. The van der Waals surface area contributed by atoms with Crippen molar-refractivity contribution in [3.05, 3.63) is 12.2 Å². The van der Waals surface area contributed by atoms with Gasteiger partial charge in [0.15, 0.2) is 0 Å². The summed E-state index contributed by atoms with van der Waals surface area (Å²) in [6.45, 7) is 23.4. The summed E-state index contributed by atoms with van der Waals surface area (Å²) in [5.41, 5.74) is 5.22. The van der Waals surface area contributed by atoms with Crippen molar-refractivity contribution in [2.45, 2.75) is 171 Å². The maximum Gasteiger partial charge on any atom is 0.246 e. The highest BCUT2D eigenvalue weighted by molar-refractivity contribution is 5.98. The third kappa shape index (κ3) is 21.6. The fraction of sp³-hybridized carbons (Fsp3) is 0.764.